The van der Waals surface area contributed by atoms with Gasteiger partial charge in [0.15, 0.2) is 5.60 Å². The van der Waals surface area contributed by atoms with Gasteiger partial charge in [0.05, 0.1) is 5.69 Å². The maximum Gasteiger partial charge on any atom is 0.338 e. The Balaban J connectivity index is 1.67. The molecule has 0 unspecified atom stereocenters. The molecule has 0 atom stereocenters. The highest BCUT2D eigenvalue weighted by Crippen LogP contribution is 2.30. The molecule has 0 bridgehead atoms. The van der Waals surface area contributed by atoms with Crippen LogP contribution in [0.1, 0.15) is 31.4 Å². The monoisotopic (exact) mass is 260 g/mol. The molecular formula is C14H16N2O3. The zero-order chi connectivity index (χ0) is 13.3. The van der Waals surface area contributed by atoms with Crippen LogP contribution < -0.4 is 0 Å². The topological polar surface area (TPSA) is 63.8 Å². The number of nitrogens with zero attached hydrogens (tertiary/aromatic N) is 2. The third-order valence-electron chi connectivity index (χ3n) is 3.58. The summed E-state index contributed by atoms with van der Waals surface area (Å²) in [5, 5.41) is 10.1. The van der Waals surface area contributed by atoms with Crippen LogP contribution in [-0.2, 0) is 16.1 Å². The molecule has 5 nitrogen and oxygen atoms in total. The Kier molecular flexibility index (Phi) is 2.98. The number of hydrogen-bond acceptors (Lipinski definition) is 4. The number of imidazole rings is 1. The highest BCUT2D eigenvalue weighted by molar-refractivity contribution is 5.79. The lowest BCUT2D eigenvalue weighted by Crippen LogP contribution is -2.36. The molecular weight excluding hydrogens is 244 g/mol. The van der Waals surface area contributed by atoms with Crippen LogP contribution in [-0.4, -0.2) is 26.1 Å². The second kappa shape index (κ2) is 4.66. The zero-order valence-corrected chi connectivity index (χ0v) is 10.6. The van der Waals surface area contributed by atoms with E-state index in [9.17, 15) is 9.90 Å². The lowest BCUT2D eigenvalue weighted by Gasteiger charge is -2.19. The van der Waals surface area contributed by atoms with Crippen molar-refractivity contribution in [3.05, 3.63) is 36.3 Å². The summed E-state index contributed by atoms with van der Waals surface area (Å²) in [6, 6.07) is 5.70. The van der Waals surface area contributed by atoms with E-state index in [0.29, 0.717) is 18.5 Å². The Hall–Kier alpha value is -1.88. The molecule has 100 valence electrons. The van der Waals surface area contributed by atoms with E-state index in [1.165, 1.54) is 0 Å². The highest BCUT2D eigenvalue weighted by Gasteiger charge is 2.40. The number of ether oxygens (including phenoxy) is 1. The van der Waals surface area contributed by atoms with Crippen LogP contribution in [0.2, 0.25) is 0 Å². The molecule has 1 saturated carbocycles. The Morgan fingerprint density at radius 1 is 1.42 bits per heavy atom. The van der Waals surface area contributed by atoms with Gasteiger partial charge in [0.1, 0.15) is 12.3 Å². The third-order valence-corrected chi connectivity index (χ3v) is 3.58. The van der Waals surface area contributed by atoms with Crippen molar-refractivity contribution in [1.82, 2.24) is 9.38 Å². The van der Waals surface area contributed by atoms with Gasteiger partial charge in [-0.1, -0.05) is 6.07 Å². The standard InChI is InChI=1S/C14H16N2O3/c17-13(14(18)6-2-3-7-14)19-10-11-9-16-8-4-1-5-12(16)15-11/h1,4-5,8-9,18H,2-3,6-7,10H2. The molecule has 1 aliphatic carbocycles. The average molecular weight is 260 g/mol. The predicted octanol–water partition coefficient (Wildman–Crippen LogP) is 1.68. The minimum absolute atomic E-state index is 0.100. The number of pyridine rings is 1. The van der Waals surface area contributed by atoms with Crippen molar-refractivity contribution in [2.75, 3.05) is 0 Å². The van der Waals surface area contributed by atoms with Crippen molar-refractivity contribution < 1.29 is 14.6 Å². The summed E-state index contributed by atoms with van der Waals surface area (Å²) in [5.41, 5.74) is 0.216. The molecule has 2 aromatic rings. The quantitative estimate of drug-likeness (QED) is 0.853. The Morgan fingerprint density at radius 2 is 2.21 bits per heavy atom. The number of aromatic nitrogens is 2. The van der Waals surface area contributed by atoms with Crippen LogP contribution in [0.5, 0.6) is 0 Å². The van der Waals surface area contributed by atoms with Gasteiger partial charge in [-0.05, 0) is 37.8 Å². The van der Waals surface area contributed by atoms with Crippen molar-refractivity contribution in [2.45, 2.75) is 37.9 Å². The van der Waals surface area contributed by atoms with E-state index in [2.05, 4.69) is 4.98 Å². The molecule has 0 aliphatic heterocycles. The van der Waals surface area contributed by atoms with Crippen LogP contribution in [0.25, 0.3) is 5.65 Å². The van der Waals surface area contributed by atoms with Crippen molar-refractivity contribution in [3.63, 3.8) is 0 Å². The lowest BCUT2D eigenvalue weighted by atomic mass is 10.0. The molecule has 0 spiro atoms. The van der Waals surface area contributed by atoms with Gasteiger partial charge in [-0.3, -0.25) is 0 Å². The Labute approximate surface area is 110 Å². The van der Waals surface area contributed by atoms with Gasteiger partial charge in [0.2, 0.25) is 0 Å². The average Bonchev–Trinajstić information content (AvgIpc) is 3.02. The minimum atomic E-state index is -1.28. The Morgan fingerprint density at radius 3 is 2.95 bits per heavy atom. The smallest absolute Gasteiger partial charge is 0.338 e. The fourth-order valence-corrected chi connectivity index (χ4v) is 2.49. The van der Waals surface area contributed by atoms with E-state index >= 15 is 0 Å². The molecule has 5 heteroatoms. The molecule has 19 heavy (non-hydrogen) atoms. The first-order chi connectivity index (χ1) is 9.17. The van der Waals surface area contributed by atoms with Crippen LogP contribution in [0.4, 0.5) is 0 Å². The van der Waals surface area contributed by atoms with Gasteiger partial charge in [-0.25, -0.2) is 9.78 Å². The van der Waals surface area contributed by atoms with Crippen molar-refractivity contribution in [1.29, 1.82) is 0 Å². The van der Waals surface area contributed by atoms with E-state index in [1.54, 1.807) is 0 Å². The summed E-state index contributed by atoms with van der Waals surface area (Å²) in [7, 11) is 0. The van der Waals surface area contributed by atoms with Crippen molar-refractivity contribution in [3.8, 4) is 0 Å². The Bertz CT molecular complexity index is 567. The molecule has 1 N–H and O–H groups in total. The fraction of sp³-hybridized carbons (Fsp3) is 0.429. The summed E-state index contributed by atoms with van der Waals surface area (Å²) in [6.07, 6.45) is 6.45. The molecule has 2 aromatic heterocycles. The minimum Gasteiger partial charge on any atom is -0.457 e. The fourth-order valence-electron chi connectivity index (χ4n) is 2.49. The van der Waals surface area contributed by atoms with Gasteiger partial charge in [-0.15, -0.1) is 0 Å². The van der Waals surface area contributed by atoms with Crippen LogP contribution >= 0.6 is 0 Å². The number of rotatable bonds is 3. The highest BCUT2D eigenvalue weighted by atomic mass is 16.5. The first-order valence-corrected chi connectivity index (χ1v) is 6.50. The molecule has 0 radical (unpaired) electrons. The zero-order valence-electron chi connectivity index (χ0n) is 10.6. The summed E-state index contributed by atoms with van der Waals surface area (Å²) in [5.74, 6) is -0.526. The molecule has 2 heterocycles. The molecule has 0 aromatic carbocycles. The second-order valence-corrected chi connectivity index (χ2v) is 5.01. The summed E-state index contributed by atoms with van der Waals surface area (Å²) >= 11 is 0. The second-order valence-electron chi connectivity index (χ2n) is 5.01. The summed E-state index contributed by atoms with van der Waals surface area (Å²) < 4.78 is 7.05. The normalized spacial score (nSPS) is 17.7. The maximum absolute atomic E-state index is 11.8. The number of aliphatic hydroxyl groups is 1. The number of carbonyl (C=O) groups is 1. The van der Waals surface area contributed by atoms with Gasteiger partial charge in [-0.2, -0.15) is 0 Å². The van der Waals surface area contributed by atoms with E-state index < -0.39 is 11.6 Å². The van der Waals surface area contributed by atoms with Crippen LogP contribution in [0.3, 0.4) is 0 Å². The maximum atomic E-state index is 11.8. The third kappa shape index (κ3) is 2.33. The van der Waals surface area contributed by atoms with Gasteiger partial charge >= 0.3 is 5.97 Å². The van der Waals surface area contributed by atoms with Gasteiger partial charge in [0, 0.05) is 12.4 Å². The first kappa shape index (κ1) is 12.2. The van der Waals surface area contributed by atoms with Gasteiger partial charge < -0.3 is 14.2 Å². The SMILES string of the molecule is O=C(OCc1cn2ccccc2n1)C1(O)CCCC1. The molecule has 3 rings (SSSR count). The summed E-state index contributed by atoms with van der Waals surface area (Å²) in [4.78, 5) is 16.2. The van der Waals surface area contributed by atoms with Crippen molar-refractivity contribution >= 4 is 11.6 Å². The largest absolute Gasteiger partial charge is 0.457 e. The molecule has 1 fully saturated rings. The number of hydrogen-bond donors (Lipinski definition) is 1. The van der Waals surface area contributed by atoms with E-state index in [0.717, 1.165) is 18.5 Å². The van der Waals surface area contributed by atoms with Gasteiger partial charge in [0.25, 0.3) is 0 Å². The lowest BCUT2D eigenvalue weighted by molar-refractivity contribution is -0.166. The number of carbonyl (C=O) groups excluding carboxylic acids is 1. The molecule has 0 saturated heterocycles. The van der Waals surface area contributed by atoms with E-state index in [1.807, 2.05) is 35.0 Å². The number of fused-ring (bicyclic) bond motifs is 1. The first-order valence-electron chi connectivity index (χ1n) is 6.50. The van der Waals surface area contributed by atoms with E-state index in [4.69, 9.17) is 4.74 Å². The van der Waals surface area contributed by atoms with Crippen LogP contribution in [0.15, 0.2) is 30.6 Å². The number of esters is 1. The van der Waals surface area contributed by atoms with E-state index in [-0.39, 0.29) is 6.61 Å². The summed E-state index contributed by atoms with van der Waals surface area (Å²) in [6.45, 7) is 0.100. The molecule has 1 aliphatic rings. The van der Waals surface area contributed by atoms with Crippen molar-refractivity contribution in [2.24, 2.45) is 0 Å². The molecule has 0 amide bonds. The predicted molar refractivity (Wildman–Crippen MR) is 68.4 cm³/mol. The van der Waals surface area contributed by atoms with Crippen LogP contribution in [0, 0.1) is 0 Å².